The van der Waals surface area contributed by atoms with Crippen LogP contribution >= 0.6 is 23.2 Å². The number of carboxylic acids is 1. The molecule has 17 heteroatoms. The molecule has 2 aliphatic heterocycles. The number of halogens is 5. The number of nitrogens with one attached hydrogen (secondary N) is 1. The van der Waals surface area contributed by atoms with Crippen LogP contribution in [0.1, 0.15) is 41.9 Å². The number of benzene rings is 2. The molecule has 1 aromatic heterocycles. The summed E-state index contributed by atoms with van der Waals surface area (Å²) < 4.78 is 45.6. The van der Waals surface area contributed by atoms with Crippen LogP contribution in [0.15, 0.2) is 66.4 Å². The number of carbonyl (C=O) groups excluding carboxylic acids is 4. The van der Waals surface area contributed by atoms with Gasteiger partial charge in [-0.2, -0.15) is 18.2 Å². The first-order chi connectivity index (χ1) is 25.1. The van der Waals surface area contributed by atoms with E-state index in [9.17, 15) is 42.6 Å². The molecule has 0 spiro atoms. The Morgan fingerprint density at radius 3 is 2.38 bits per heavy atom. The lowest BCUT2D eigenvalue weighted by molar-refractivity contribution is -0.143. The number of carbonyl (C=O) groups is 5. The van der Waals surface area contributed by atoms with Gasteiger partial charge in [0.25, 0.3) is 11.8 Å². The van der Waals surface area contributed by atoms with Crippen molar-refractivity contribution < 1.29 is 52.1 Å². The van der Waals surface area contributed by atoms with E-state index >= 15 is 4.79 Å². The highest BCUT2D eigenvalue weighted by Crippen LogP contribution is 2.65. The van der Waals surface area contributed by atoms with Gasteiger partial charge in [0.2, 0.25) is 11.8 Å². The average molecular weight is 774 g/mol. The maximum atomic E-state index is 15.2. The van der Waals surface area contributed by atoms with E-state index in [1.165, 1.54) is 31.4 Å². The Morgan fingerprint density at radius 2 is 1.75 bits per heavy atom. The number of methoxy groups -OCH3 is 1. The van der Waals surface area contributed by atoms with E-state index in [-0.39, 0.29) is 36.4 Å². The number of amides is 4. The molecule has 3 N–H and O–H groups in total. The van der Waals surface area contributed by atoms with Crippen LogP contribution in [-0.2, 0) is 35.6 Å². The van der Waals surface area contributed by atoms with Gasteiger partial charge >= 0.3 is 12.1 Å². The molecule has 6 atom stereocenters. The fourth-order valence-corrected chi connectivity index (χ4v) is 8.85. The highest BCUT2D eigenvalue weighted by Gasteiger charge is 2.70. The Kier molecular flexibility index (Phi) is 8.92. The van der Waals surface area contributed by atoms with Crippen molar-refractivity contribution in [3.63, 3.8) is 0 Å². The first-order valence-electron chi connectivity index (χ1n) is 16.4. The van der Waals surface area contributed by atoms with Gasteiger partial charge in [-0.15, -0.1) is 0 Å². The van der Waals surface area contributed by atoms with Gasteiger partial charge in [-0.1, -0.05) is 53.1 Å². The van der Waals surface area contributed by atoms with Gasteiger partial charge < -0.3 is 14.9 Å². The predicted molar refractivity (Wildman–Crippen MR) is 181 cm³/mol. The number of hydrogen-bond acceptors (Lipinski definition) is 9. The monoisotopic (exact) mass is 772 g/mol. The highest BCUT2D eigenvalue weighted by molar-refractivity contribution is 6.33. The summed E-state index contributed by atoms with van der Waals surface area (Å²) in [5.41, 5.74) is 0.512. The summed E-state index contributed by atoms with van der Waals surface area (Å²) in [6, 6.07) is 11.2. The molecule has 2 aromatic carbocycles. The predicted octanol–water partition coefficient (Wildman–Crippen LogP) is 5.58. The number of pyridine rings is 1. The number of fused-ring (bicyclic) bond motifs is 4. The summed E-state index contributed by atoms with van der Waals surface area (Å²) in [7, 11) is 1.39. The molecule has 4 aliphatic rings. The van der Waals surface area contributed by atoms with Gasteiger partial charge in [-0.25, -0.2) is 4.98 Å². The molecule has 3 aromatic rings. The van der Waals surface area contributed by atoms with Gasteiger partial charge in [0.15, 0.2) is 5.82 Å². The number of anilines is 1. The number of aromatic nitrogens is 1. The van der Waals surface area contributed by atoms with Crippen LogP contribution < -0.4 is 10.2 Å². The normalized spacial score (nSPS) is 26.6. The first-order valence-corrected chi connectivity index (χ1v) is 17.1. The number of phenolic OH excluding ortho intramolecular Hbond substituents is 1. The molecule has 6 unspecified atom stereocenters. The van der Waals surface area contributed by atoms with Gasteiger partial charge in [-0.3, -0.25) is 34.3 Å². The van der Waals surface area contributed by atoms with Gasteiger partial charge in [0.1, 0.15) is 11.5 Å². The summed E-state index contributed by atoms with van der Waals surface area (Å²) in [5, 5.41) is 21.3. The Balaban J connectivity index is 1.42. The Hall–Kier alpha value is -5.15. The summed E-state index contributed by atoms with van der Waals surface area (Å²) in [6.45, 7) is -0.348. The second-order valence-electron chi connectivity index (χ2n) is 13.3. The van der Waals surface area contributed by atoms with E-state index in [2.05, 4.69) is 10.4 Å². The number of nitrogens with zero attached hydrogens (tertiary/aromatic N) is 3. The first kappa shape index (κ1) is 36.2. The largest absolute Gasteiger partial charge is 0.508 e. The third-order valence-corrected chi connectivity index (χ3v) is 11.3. The van der Waals surface area contributed by atoms with Crippen LogP contribution in [0, 0.1) is 23.7 Å². The van der Waals surface area contributed by atoms with Gasteiger partial charge in [0.05, 0.1) is 47.3 Å². The lowest BCUT2D eigenvalue weighted by Crippen LogP contribution is -2.53. The molecular formula is C36H29Cl2F3N4O8. The van der Waals surface area contributed by atoms with E-state index in [0.717, 1.165) is 4.90 Å². The molecule has 53 heavy (non-hydrogen) atoms. The van der Waals surface area contributed by atoms with Crippen molar-refractivity contribution in [1.29, 1.82) is 0 Å². The molecule has 0 radical (unpaired) electrons. The number of hydrazine groups is 1. The molecule has 2 aliphatic carbocycles. The average Bonchev–Trinajstić information content (AvgIpc) is 3.48. The summed E-state index contributed by atoms with van der Waals surface area (Å²) in [6.07, 6.45) is -3.11. The molecule has 276 valence electrons. The van der Waals surface area contributed by atoms with Crippen LogP contribution in [0.5, 0.6) is 11.5 Å². The van der Waals surface area contributed by atoms with Crippen molar-refractivity contribution in [3.8, 4) is 11.5 Å². The van der Waals surface area contributed by atoms with Crippen LogP contribution in [0.25, 0.3) is 0 Å². The Bertz CT molecular complexity index is 2110. The van der Waals surface area contributed by atoms with Crippen molar-refractivity contribution in [3.05, 3.63) is 93.1 Å². The summed E-state index contributed by atoms with van der Waals surface area (Å²) in [5.74, 6) is -9.66. The van der Waals surface area contributed by atoms with Gasteiger partial charge in [-0.05, 0) is 48.6 Å². The van der Waals surface area contributed by atoms with Gasteiger partial charge in [0, 0.05) is 35.3 Å². The van der Waals surface area contributed by atoms with Crippen LogP contribution in [-0.4, -0.2) is 68.4 Å². The third kappa shape index (κ3) is 5.68. The molecule has 3 heterocycles. The van der Waals surface area contributed by atoms with Crippen molar-refractivity contribution in [2.75, 3.05) is 19.1 Å². The number of carboxylic acid groups (broad SMARTS) is 1. The third-order valence-electron chi connectivity index (χ3n) is 10.7. The topological polar surface area (TPSA) is 166 Å². The van der Waals surface area contributed by atoms with Crippen molar-refractivity contribution in [2.45, 2.75) is 36.8 Å². The fourth-order valence-electron chi connectivity index (χ4n) is 8.51. The van der Waals surface area contributed by atoms with Crippen molar-refractivity contribution >= 4 is 58.6 Å². The number of phenols is 1. The number of likely N-dealkylation sites (tertiary alicyclic amines) is 1. The van der Waals surface area contributed by atoms with Crippen molar-refractivity contribution in [1.82, 2.24) is 14.9 Å². The fraction of sp³-hybridized carbons (Fsp3) is 0.333. The number of aromatic hydroxyl groups is 1. The summed E-state index contributed by atoms with van der Waals surface area (Å²) >= 11 is 12.5. The lowest BCUT2D eigenvalue weighted by atomic mass is 9.49. The van der Waals surface area contributed by atoms with Crippen LogP contribution in [0.4, 0.5) is 19.0 Å². The Morgan fingerprint density at radius 1 is 1.04 bits per heavy atom. The number of imide groups is 2. The Labute approximate surface area is 309 Å². The maximum absolute atomic E-state index is 15.2. The van der Waals surface area contributed by atoms with Crippen molar-refractivity contribution in [2.24, 2.45) is 23.7 Å². The van der Waals surface area contributed by atoms with E-state index in [0.29, 0.717) is 33.4 Å². The zero-order valence-electron chi connectivity index (χ0n) is 27.6. The van der Waals surface area contributed by atoms with E-state index < -0.39 is 93.6 Å². The molecular weight excluding hydrogens is 744 g/mol. The minimum Gasteiger partial charge on any atom is -0.508 e. The second-order valence-corrected chi connectivity index (χ2v) is 14.2. The van der Waals surface area contributed by atoms with E-state index in [4.69, 9.17) is 27.9 Å². The molecule has 12 nitrogen and oxygen atoms in total. The van der Waals surface area contributed by atoms with Crippen LogP contribution in [0.3, 0.4) is 0 Å². The highest BCUT2D eigenvalue weighted by atomic mass is 35.5. The molecule has 0 bridgehead atoms. The number of alkyl halides is 3. The summed E-state index contributed by atoms with van der Waals surface area (Å²) in [4.78, 5) is 73.5. The SMILES string of the molecule is COc1ccc(C2C3=CCC4C(=O)N(CCC(=O)O)C(=O)C4C3CC3C(=O)N(Nc4ncc(C(F)(F)F)cc4Cl)C(=O)C32c2ccc(Cl)cc2)c(O)c1. The minimum absolute atomic E-state index is 0.0502. The molecule has 4 amide bonds. The van der Waals surface area contributed by atoms with E-state index in [1.54, 1.807) is 24.3 Å². The van der Waals surface area contributed by atoms with E-state index in [1.807, 2.05) is 0 Å². The number of hydrogen-bond donors (Lipinski definition) is 3. The second kappa shape index (κ2) is 13.1. The zero-order valence-corrected chi connectivity index (χ0v) is 29.1. The number of rotatable bonds is 8. The zero-order chi connectivity index (χ0) is 38.1. The number of ether oxygens (including phenoxy) is 1. The number of aliphatic carboxylic acids is 1. The molecule has 3 fully saturated rings. The number of allylic oxidation sites excluding steroid dienone is 2. The smallest absolute Gasteiger partial charge is 0.417 e. The standard InChI is InChI=1S/C36H29Cl2F3N4O8/c1-53-19-6-7-21(26(46)13-19)29-20-8-9-22-28(33(51)44(31(22)49)11-10-27(47)48)23(20)14-24-32(50)45(34(52)35(24,29)16-2-4-18(37)5-3-16)43-30-25(38)12-17(15-42-30)36(39,40)41/h2-8,12-13,15,22-24,28-29,46H,9-11,14H2,1H3,(H,42,43)(H,47,48). The lowest BCUT2D eigenvalue weighted by Gasteiger charge is -2.50. The maximum Gasteiger partial charge on any atom is 0.417 e. The molecule has 1 saturated carbocycles. The quantitative estimate of drug-likeness (QED) is 0.194. The minimum atomic E-state index is -4.78. The van der Waals surface area contributed by atoms with Crippen LogP contribution in [0.2, 0.25) is 10.0 Å². The molecule has 7 rings (SSSR count). The molecule has 2 saturated heterocycles.